The summed E-state index contributed by atoms with van der Waals surface area (Å²) in [5.41, 5.74) is 0. The maximum Gasteiger partial charge on any atom is 0.262 e. The van der Waals surface area contributed by atoms with Crippen molar-refractivity contribution in [3.05, 3.63) is 12.5 Å². The van der Waals surface area contributed by atoms with E-state index in [0.717, 1.165) is 12.8 Å². The molecule has 0 aromatic carbocycles. The molecule has 106 valence electrons. The summed E-state index contributed by atoms with van der Waals surface area (Å²) in [6.07, 6.45) is 7.21. The SMILES string of the molecule is CN(C1CC2CCC(C1)N2)S(=O)(=O)c1cn(C)cn1. The van der Waals surface area contributed by atoms with Crippen LogP contribution in [0.3, 0.4) is 0 Å². The van der Waals surface area contributed by atoms with Gasteiger partial charge in [-0.15, -0.1) is 0 Å². The second-order valence-corrected chi connectivity index (χ2v) is 7.61. The van der Waals surface area contributed by atoms with Gasteiger partial charge in [0.2, 0.25) is 0 Å². The monoisotopic (exact) mass is 284 g/mol. The van der Waals surface area contributed by atoms with Crippen LogP contribution in [-0.4, -0.2) is 47.4 Å². The molecule has 0 spiro atoms. The molecule has 2 saturated heterocycles. The molecule has 2 fully saturated rings. The summed E-state index contributed by atoms with van der Waals surface area (Å²) in [4.78, 5) is 3.97. The zero-order valence-electron chi connectivity index (χ0n) is 11.3. The van der Waals surface area contributed by atoms with Crippen molar-refractivity contribution in [1.82, 2.24) is 19.2 Å². The molecule has 1 aromatic heterocycles. The molecule has 3 rings (SSSR count). The van der Waals surface area contributed by atoms with Crippen LogP contribution < -0.4 is 5.32 Å². The molecule has 0 amide bonds. The van der Waals surface area contributed by atoms with Crippen molar-refractivity contribution in [3.8, 4) is 0 Å². The Hall–Kier alpha value is -0.920. The quantitative estimate of drug-likeness (QED) is 0.868. The van der Waals surface area contributed by atoms with Crippen molar-refractivity contribution in [2.45, 2.75) is 48.8 Å². The molecule has 0 radical (unpaired) electrons. The van der Waals surface area contributed by atoms with Crippen LogP contribution in [-0.2, 0) is 17.1 Å². The highest BCUT2D eigenvalue weighted by Crippen LogP contribution is 2.31. The summed E-state index contributed by atoms with van der Waals surface area (Å²) in [6.45, 7) is 0. The first kappa shape index (κ1) is 13.1. The van der Waals surface area contributed by atoms with Crippen molar-refractivity contribution >= 4 is 10.0 Å². The molecule has 0 saturated carbocycles. The van der Waals surface area contributed by atoms with Gasteiger partial charge >= 0.3 is 0 Å². The van der Waals surface area contributed by atoms with Gasteiger partial charge in [-0.25, -0.2) is 13.4 Å². The van der Waals surface area contributed by atoms with Gasteiger partial charge in [-0.05, 0) is 25.7 Å². The number of piperidine rings is 1. The van der Waals surface area contributed by atoms with E-state index in [-0.39, 0.29) is 11.1 Å². The zero-order chi connectivity index (χ0) is 13.6. The lowest BCUT2D eigenvalue weighted by molar-refractivity contribution is 0.251. The minimum absolute atomic E-state index is 0.0887. The molecule has 2 atom stereocenters. The number of aryl methyl sites for hydroxylation is 1. The minimum Gasteiger partial charge on any atom is -0.339 e. The van der Waals surface area contributed by atoms with E-state index in [1.807, 2.05) is 0 Å². The summed E-state index contributed by atoms with van der Waals surface area (Å²) < 4.78 is 28.2. The van der Waals surface area contributed by atoms with Crippen LogP contribution in [0.5, 0.6) is 0 Å². The standard InChI is InChI=1S/C12H20N4O2S/c1-15-7-12(13-8-15)19(17,18)16(2)11-5-9-3-4-10(6-11)14-9/h7-11,14H,3-6H2,1-2H3. The van der Waals surface area contributed by atoms with Gasteiger partial charge in [-0.1, -0.05) is 0 Å². The molecule has 6 nitrogen and oxygen atoms in total. The molecule has 2 bridgehead atoms. The van der Waals surface area contributed by atoms with Crippen molar-refractivity contribution in [1.29, 1.82) is 0 Å². The second kappa shape index (κ2) is 4.57. The number of fused-ring (bicyclic) bond motifs is 2. The first-order valence-corrected chi connectivity index (χ1v) is 8.13. The molecule has 2 aliphatic rings. The maximum absolute atomic E-state index is 12.5. The fourth-order valence-corrected chi connectivity index (χ4v) is 4.53. The van der Waals surface area contributed by atoms with E-state index in [0.29, 0.717) is 12.1 Å². The average Bonchev–Trinajstić information content (AvgIpc) is 2.95. The Kier molecular flexibility index (Phi) is 3.15. The number of nitrogens with one attached hydrogen (secondary N) is 1. The summed E-state index contributed by atoms with van der Waals surface area (Å²) in [7, 11) is -0.00866. The normalized spacial score (nSPS) is 31.0. The zero-order valence-corrected chi connectivity index (χ0v) is 12.1. The molecule has 3 heterocycles. The molecule has 1 aromatic rings. The predicted octanol–water partition coefficient (Wildman–Crippen LogP) is 0.324. The van der Waals surface area contributed by atoms with Crippen molar-refractivity contribution in [3.63, 3.8) is 0 Å². The summed E-state index contributed by atoms with van der Waals surface area (Å²) >= 11 is 0. The van der Waals surface area contributed by atoms with Gasteiger partial charge in [-0.3, -0.25) is 0 Å². The van der Waals surface area contributed by atoms with Gasteiger partial charge in [0.25, 0.3) is 10.0 Å². The number of aromatic nitrogens is 2. The van der Waals surface area contributed by atoms with Crippen molar-refractivity contribution in [2.75, 3.05) is 7.05 Å². The van der Waals surface area contributed by atoms with E-state index in [9.17, 15) is 8.42 Å². The number of nitrogens with zero attached hydrogens (tertiary/aromatic N) is 3. The first-order chi connectivity index (χ1) is 8.96. The van der Waals surface area contributed by atoms with Crippen LogP contribution in [0, 0.1) is 0 Å². The Balaban J connectivity index is 1.81. The number of hydrogen-bond acceptors (Lipinski definition) is 4. The Bertz CT molecular complexity index is 556. The third kappa shape index (κ3) is 2.30. The molecular weight excluding hydrogens is 264 g/mol. The number of hydrogen-bond donors (Lipinski definition) is 1. The van der Waals surface area contributed by atoms with E-state index in [1.54, 1.807) is 24.9 Å². The minimum atomic E-state index is -3.46. The van der Waals surface area contributed by atoms with Gasteiger partial charge in [0.1, 0.15) is 0 Å². The molecule has 0 aliphatic carbocycles. The highest BCUT2D eigenvalue weighted by Gasteiger charge is 2.39. The topological polar surface area (TPSA) is 67.2 Å². The van der Waals surface area contributed by atoms with E-state index in [1.165, 1.54) is 23.5 Å². The molecule has 19 heavy (non-hydrogen) atoms. The van der Waals surface area contributed by atoms with Gasteiger partial charge in [0.05, 0.1) is 6.33 Å². The number of imidazole rings is 1. The molecule has 7 heteroatoms. The van der Waals surface area contributed by atoms with Crippen LogP contribution in [0.25, 0.3) is 0 Å². The number of sulfonamides is 1. The fourth-order valence-electron chi connectivity index (χ4n) is 3.19. The van der Waals surface area contributed by atoms with Crippen LogP contribution in [0.2, 0.25) is 0 Å². The number of rotatable bonds is 3. The van der Waals surface area contributed by atoms with Gasteiger partial charge in [0, 0.05) is 38.4 Å². The van der Waals surface area contributed by atoms with Gasteiger partial charge in [-0.2, -0.15) is 4.31 Å². The molecule has 1 N–H and O–H groups in total. The molecule has 2 aliphatic heterocycles. The Morgan fingerprint density at radius 1 is 1.37 bits per heavy atom. The van der Waals surface area contributed by atoms with Gasteiger partial charge < -0.3 is 9.88 Å². The summed E-state index contributed by atoms with van der Waals surface area (Å²) in [6, 6.07) is 1.04. The van der Waals surface area contributed by atoms with E-state index in [2.05, 4.69) is 10.3 Å². The van der Waals surface area contributed by atoms with Crippen LogP contribution in [0.15, 0.2) is 17.6 Å². The molecule has 2 unspecified atom stereocenters. The third-order valence-corrected chi connectivity index (χ3v) is 6.08. The van der Waals surface area contributed by atoms with E-state index in [4.69, 9.17) is 0 Å². The van der Waals surface area contributed by atoms with E-state index < -0.39 is 10.0 Å². The Morgan fingerprint density at radius 3 is 2.53 bits per heavy atom. The highest BCUT2D eigenvalue weighted by molar-refractivity contribution is 7.89. The predicted molar refractivity (Wildman–Crippen MR) is 71.1 cm³/mol. The highest BCUT2D eigenvalue weighted by atomic mass is 32.2. The summed E-state index contributed by atoms with van der Waals surface area (Å²) in [5, 5.41) is 3.67. The van der Waals surface area contributed by atoms with E-state index >= 15 is 0 Å². The van der Waals surface area contributed by atoms with Crippen molar-refractivity contribution in [2.24, 2.45) is 7.05 Å². The van der Waals surface area contributed by atoms with Crippen LogP contribution in [0.1, 0.15) is 25.7 Å². The van der Waals surface area contributed by atoms with Crippen LogP contribution in [0.4, 0.5) is 0 Å². The molecular formula is C12H20N4O2S. The lowest BCUT2D eigenvalue weighted by Gasteiger charge is -2.34. The average molecular weight is 284 g/mol. The Labute approximate surface area is 113 Å². The fraction of sp³-hybridized carbons (Fsp3) is 0.750. The summed E-state index contributed by atoms with van der Waals surface area (Å²) in [5.74, 6) is 0. The largest absolute Gasteiger partial charge is 0.339 e. The van der Waals surface area contributed by atoms with Crippen LogP contribution >= 0.6 is 0 Å². The maximum atomic E-state index is 12.5. The second-order valence-electron chi connectivity index (χ2n) is 5.66. The Morgan fingerprint density at radius 2 is 2.00 bits per heavy atom. The van der Waals surface area contributed by atoms with Crippen molar-refractivity contribution < 1.29 is 8.42 Å². The smallest absolute Gasteiger partial charge is 0.262 e. The van der Waals surface area contributed by atoms with Gasteiger partial charge in [0.15, 0.2) is 5.03 Å². The lowest BCUT2D eigenvalue weighted by Crippen LogP contribution is -2.48. The third-order valence-electron chi connectivity index (χ3n) is 4.29. The first-order valence-electron chi connectivity index (χ1n) is 6.69. The lowest BCUT2D eigenvalue weighted by atomic mass is 10.0.